The van der Waals surface area contributed by atoms with Gasteiger partial charge in [0.2, 0.25) is 0 Å². The lowest BCUT2D eigenvalue weighted by Crippen LogP contribution is -2.39. The SMILES string of the molecule is C=CCOC1=C2CC[C@@H](C)[C@](C)(/C=C/P(=O)(c3ccccc3)c3ccccc3)[C@H]2CCC1. The Morgan fingerprint density at radius 3 is 2.25 bits per heavy atom. The molecular weight excluding hydrogens is 411 g/mol. The molecular formula is C29H35O2P. The minimum atomic E-state index is -2.88. The molecule has 0 aliphatic heterocycles. The average Bonchev–Trinajstić information content (AvgIpc) is 2.85. The molecule has 1 saturated carbocycles. The van der Waals surface area contributed by atoms with Crippen LogP contribution in [0.3, 0.4) is 0 Å². The van der Waals surface area contributed by atoms with Crippen LogP contribution >= 0.6 is 7.14 Å². The fraction of sp³-hybridized carbons (Fsp3) is 0.379. The first-order chi connectivity index (χ1) is 15.5. The third kappa shape index (κ3) is 4.30. The van der Waals surface area contributed by atoms with E-state index < -0.39 is 7.14 Å². The van der Waals surface area contributed by atoms with Crippen LogP contribution in [0.5, 0.6) is 0 Å². The molecule has 2 aromatic carbocycles. The van der Waals surface area contributed by atoms with Crippen molar-refractivity contribution in [2.24, 2.45) is 17.3 Å². The first-order valence-corrected chi connectivity index (χ1v) is 13.6. The van der Waals surface area contributed by atoms with Crippen LogP contribution in [0.4, 0.5) is 0 Å². The van der Waals surface area contributed by atoms with Gasteiger partial charge in [0, 0.05) is 17.0 Å². The zero-order valence-electron chi connectivity index (χ0n) is 19.4. The maximum atomic E-state index is 14.5. The number of ether oxygens (including phenoxy) is 1. The Morgan fingerprint density at radius 2 is 1.66 bits per heavy atom. The van der Waals surface area contributed by atoms with Crippen molar-refractivity contribution in [1.82, 2.24) is 0 Å². The predicted octanol–water partition coefficient (Wildman–Crippen LogP) is 7.21. The number of fused-ring (bicyclic) bond motifs is 1. The molecule has 0 radical (unpaired) electrons. The maximum Gasteiger partial charge on any atom is 0.163 e. The van der Waals surface area contributed by atoms with Crippen molar-refractivity contribution < 1.29 is 9.30 Å². The largest absolute Gasteiger partial charge is 0.494 e. The van der Waals surface area contributed by atoms with Gasteiger partial charge in [0.1, 0.15) is 6.61 Å². The molecule has 0 spiro atoms. The summed E-state index contributed by atoms with van der Waals surface area (Å²) in [4.78, 5) is 0. The first kappa shape index (κ1) is 22.9. The quantitative estimate of drug-likeness (QED) is 0.332. The van der Waals surface area contributed by atoms with Crippen molar-refractivity contribution in [3.05, 3.63) is 96.5 Å². The molecule has 32 heavy (non-hydrogen) atoms. The van der Waals surface area contributed by atoms with E-state index in [0.717, 1.165) is 36.3 Å². The lowest BCUT2D eigenvalue weighted by molar-refractivity contribution is 0.110. The van der Waals surface area contributed by atoms with Crippen molar-refractivity contribution in [2.75, 3.05) is 6.61 Å². The van der Waals surface area contributed by atoms with E-state index in [0.29, 0.717) is 18.4 Å². The van der Waals surface area contributed by atoms with E-state index in [-0.39, 0.29) is 5.41 Å². The summed E-state index contributed by atoms with van der Waals surface area (Å²) >= 11 is 0. The molecule has 1 fully saturated rings. The lowest BCUT2D eigenvalue weighted by atomic mass is 9.57. The fourth-order valence-electron chi connectivity index (χ4n) is 5.51. The van der Waals surface area contributed by atoms with Crippen molar-refractivity contribution in [3.63, 3.8) is 0 Å². The van der Waals surface area contributed by atoms with Crippen LogP contribution in [0.1, 0.15) is 46.0 Å². The number of hydrogen-bond acceptors (Lipinski definition) is 2. The fourth-order valence-corrected chi connectivity index (χ4v) is 7.92. The number of hydrogen-bond donors (Lipinski definition) is 0. The molecule has 3 heteroatoms. The van der Waals surface area contributed by atoms with Gasteiger partial charge in [0.25, 0.3) is 0 Å². The van der Waals surface area contributed by atoms with Crippen LogP contribution in [-0.2, 0) is 9.30 Å². The summed E-state index contributed by atoms with van der Waals surface area (Å²) in [5.41, 5.74) is 1.44. The van der Waals surface area contributed by atoms with E-state index in [1.54, 1.807) is 0 Å². The van der Waals surface area contributed by atoms with E-state index in [2.05, 4.69) is 32.3 Å². The van der Waals surface area contributed by atoms with Crippen LogP contribution in [0.15, 0.2) is 96.5 Å². The highest BCUT2D eigenvalue weighted by atomic mass is 31.2. The van der Waals surface area contributed by atoms with E-state index in [1.807, 2.05) is 66.7 Å². The smallest absolute Gasteiger partial charge is 0.163 e. The summed E-state index contributed by atoms with van der Waals surface area (Å²) < 4.78 is 20.6. The van der Waals surface area contributed by atoms with E-state index in [1.165, 1.54) is 17.8 Å². The minimum Gasteiger partial charge on any atom is -0.494 e. The summed E-state index contributed by atoms with van der Waals surface area (Å²) in [5.74, 6) is 4.19. The molecule has 0 amide bonds. The highest BCUT2D eigenvalue weighted by molar-refractivity contribution is 7.81. The van der Waals surface area contributed by atoms with E-state index in [9.17, 15) is 4.57 Å². The van der Waals surface area contributed by atoms with Gasteiger partial charge in [-0.15, -0.1) is 0 Å². The number of allylic oxidation sites excluding steroid dienone is 3. The minimum absolute atomic E-state index is 0.0456. The summed E-state index contributed by atoms with van der Waals surface area (Å²) in [6.07, 6.45) is 9.72. The van der Waals surface area contributed by atoms with Gasteiger partial charge in [-0.3, -0.25) is 0 Å². The molecule has 168 valence electrons. The number of benzene rings is 2. The zero-order chi connectivity index (χ0) is 22.6. The lowest BCUT2D eigenvalue weighted by Gasteiger charge is -2.48. The summed E-state index contributed by atoms with van der Waals surface area (Å²) in [6.45, 7) is 9.12. The molecule has 2 nitrogen and oxygen atoms in total. The zero-order valence-corrected chi connectivity index (χ0v) is 20.3. The molecule has 0 unspecified atom stereocenters. The Bertz CT molecular complexity index is 994. The van der Waals surface area contributed by atoms with Gasteiger partial charge < -0.3 is 9.30 Å². The van der Waals surface area contributed by atoms with Crippen LogP contribution in [0.2, 0.25) is 0 Å². The first-order valence-electron chi connectivity index (χ1n) is 11.9. The van der Waals surface area contributed by atoms with Crippen LogP contribution in [-0.4, -0.2) is 6.61 Å². The van der Waals surface area contributed by atoms with Gasteiger partial charge in [-0.25, -0.2) is 0 Å². The normalized spacial score (nSPS) is 26.1. The Kier molecular flexibility index (Phi) is 6.91. The molecule has 0 saturated heterocycles. The monoisotopic (exact) mass is 446 g/mol. The average molecular weight is 447 g/mol. The van der Waals surface area contributed by atoms with Gasteiger partial charge in [0.15, 0.2) is 7.14 Å². The molecule has 2 aromatic rings. The molecule has 0 heterocycles. The standard InChI is InChI=1S/C29H35O2P/c1-4-21-31-28-17-11-16-27-26(28)19-18-23(2)29(27,3)20-22-32(30,24-12-7-5-8-13-24)25-14-9-6-10-15-25/h4-10,12-15,20,22-23,27H,1,11,16-19,21H2,2-3H3/b22-20+/t23-,27+,29+/m1/s1. The highest BCUT2D eigenvalue weighted by Gasteiger charge is 2.45. The van der Waals surface area contributed by atoms with Gasteiger partial charge in [-0.1, -0.05) is 93.2 Å². The molecule has 4 rings (SSSR count). The Morgan fingerprint density at radius 1 is 1.03 bits per heavy atom. The third-order valence-electron chi connectivity index (χ3n) is 7.63. The Labute approximate surface area is 193 Å². The molecule has 0 bridgehead atoms. The number of rotatable bonds is 7. The van der Waals surface area contributed by atoms with Gasteiger partial charge in [-0.2, -0.15) is 0 Å². The topological polar surface area (TPSA) is 26.3 Å². The van der Waals surface area contributed by atoms with Gasteiger partial charge >= 0.3 is 0 Å². The van der Waals surface area contributed by atoms with Crippen molar-refractivity contribution in [1.29, 1.82) is 0 Å². The Hall–Kier alpha value is -2.31. The predicted molar refractivity (Wildman–Crippen MR) is 136 cm³/mol. The van der Waals surface area contributed by atoms with Crippen LogP contribution in [0.25, 0.3) is 0 Å². The Balaban J connectivity index is 1.76. The summed E-state index contributed by atoms with van der Waals surface area (Å²) in [5, 5.41) is 1.79. The van der Waals surface area contributed by atoms with Gasteiger partial charge in [-0.05, 0) is 54.3 Å². The van der Waals surface area contributed by atoms with Crippen LogP contribution in [0, 0.1) is 17.3 Å². The highest BCUT2D eigenvalue weighted by Crippen LogP contribution is 2.56. The second-order valence-corrected chi connectivity index (χ2v) is 12.1. The summed E-state index contributed by atoms with van der Waals surface area (Å²) in [6, 6.07) is 19.9. The van der Waals surface area contributed by atoms with Crippen molar-refractivity contribution in [3.8, 4) is 0 Å². The second kappa shape index (κ2) is 9.67. The molecule has 2 aliphatic carbocycles. The van der Waals surface area contributed by atoms with Gasteiger partial charge in [0.05, 0.1) is 5.76 Å². The maximum absolute atomic E-state index is 14.5. The summed E-state index contributed by atoms with van der Waals surface area (Å²) in [7, 11) is -2.88. The molecule has 2 aliphatic rings. The van der Waals surface area contributed by atoms with Crippen molar-refractivity contribution >= 4 is 17.8 Å². The van der Waals surface area contributed by atoms with Crippen molar-refractivity contribution in [2.45, 2.75) is 46.0 Å². The second-order valence-electron chi connectivity index (χ2n) is 9.44. The van der Waals surface area contributed by atoms with E-state index >= 15 is 0 Å². The molecule has 0 N–H and O–H groups in total. The third-order valence-corrected chi connectivity index (χ3v) is 10.3. The molecule has 0 aromatic heterocycles. The van der Waals surface area contributed by atoms with Crippen LogP contribution < -0.4 is 10.6 Å². The molecule has 3 atom stereocenters. The van der Waals surface area contributed by atoms with E-state index in [4.69, 9.17) is 4.74 Å².